The van der Waals surface area contributed by atoms with E-state index in [-0.39, 0.29) is 6.73 Å². The highest BCUT2D eigenvalue weighted by atomic mass is 16.6. The summed E-state index contributed by atoms with van der Waals surface area (Å²) in [7, 11) is 1.22. The van der Waals surface area contributed by atoms with Gasteiger partial charge in [0.15, 0.2) is 7.05 Å². The fraction of sp³-hybridized carbons (Fsp3) is 0.222. The van der Waals surface area contributed by atoms with E-state index in [1.807, 2.05) is 0 Å². The lowest BCUT2D eigenvalue weighted by molar-refractivity contribution is -0.502. The molecule has 0 bridgehead atoms. The zero-order chi connectivity index (χ0) is 10.4. The Balaban J connectivity index is 2.48. The Hall–Kier alpha value is -1.91. The van der Waals surface area contributed by atoms with Crippen LogP contribution >= 0.6 is 0 Å². The van der Waals surface area contributed by atoms with Crippen molar-refractivity contribution in [2.45, 2.75) is 0 Å². The minimum Gasteiger partial charge on any atom is -0.600 e. The number of carbonyl (C=O) groups is 1. The Morgan fingerprint density at radius 1 is 1.50 bits per heavy atom. The first-order valence-corrected chi connectivity index (χ1v) is 4.00. The number of carbonyl (C=O) groups excluding carboxylic acids is 1. The van der Waals surface area contributed by atoms with Crippen molar-refractivity contribution in [2.24, 2.45) is 5.11 Å². The van der Waals surface area contributed by atoms with E-state index in [0.717, 1.165) is 0 Å². The Kier molecular flexibility index (Phi) is 3.60. The van der Waals surface area contributed by atoms with Gasteiger partial charge in [0.25, 0.3) is 0 Å². The minimum atomic E-state index is -0.490. The van der Waals surface area contributed by atoms with Crippen molar-refractivity contribution in [3.05, 3.63) is 41.1 Å². The molecular formula is C9H10N2O3. The molecule has 74 valence electrons. The summed E-state index contributed by atoms with van der Waals surface area (Å²) in [4.78, 5) is 11.6. The zero-order valence-corrected chi connectivity index (χ0v) is 7.71. The topological polar surface area (TPSA) is 64.7 Å². The van der Waals surface area contributed by atoms with Gasteiger partial charge in [-0.1, -0.05) is 23.1 Å². The summed E-state index contributed by atoms with van der Waals surface area (Å²) in [5.41, 5.74) is 0.441. The first-order chi connectivity index (χ1) is 6.70. The molecule has 0 aromatic heterocycles. The molecule has 0 radical (unpaired) electrons. The van der Waals surface area contributed by atoms with Gasteiger partial charge in [0.1, 0.15) is 0 Å². The van der Waals surface area contributed by atoms with Gasteiger partial charge in [0.2, 0.25) is 6.73 Å². The number of nitrogens with zero attached hydrogens (tertiary/aromatic N) is 2. The summed E-state index contributed by atoms with van der Waals surface area (Å²) in [6.07, 6.45) is 0. The van der Waals surface area contributed by atoms with Crippen molar-refractivity contribution in [1.29, 1.82) is 0 Å². The highest BCUT2D eigenvalue weighted by molar-refractivity contribution is 5.89. The van der Waals surface area contributed by atoms with E-state index in [1.165, 1.54) is 7.05 Å². The smallest absolute Gasteiger partial charge is 0.340 e. The van der Waals surface area contributed by atoms with E-state index in [9.17, 15) is 10.0 Å². The maximum Gasteiger partial charge on any atom is 0.340 e. The van der Waals surface area contributed by atoms with Crippen molar-refractivity contribution in [3.8, 4) is 0 Å². The molecule has 5 heteroatoms. The number of hydroxylamine groups is 1. The van der Waals surface area contributed by atoms with Gasteiger partial charge in [0.05, 0.1) is 5.56 Å². The first kappa shape index (κ1) is 10.2. The second kappa shape index (κ2) is 4.96. The van der Waals surface area contributed by atoms with Crippen LogP contribution in [0.2, 0.25) is 0 Å². The molecule has 0 N–H and O–H groups in total. The third-order valence-corrected chi connectivity index (χ3v) is 1.46. The van der Waals surface area contributed by atoms with Crippen LogP contribution in [-0.4, -0.2) is 24.6 Å². The normalized spacial score (nSPS) is 11.1. The van der Waals surface area contributed by atoms with Gasteiger partial charge in [-0.2, -0.15) is 0 Å². The number of hydrogen-bond acceptors (Lipinski definition) is 4. The van der Waals surface area contributed by atoms with Crippen molar-refractivity contribution in [2.75, 3.05) is 13.8 Å². The number of rotatable bonds is 3. The Labute approximate surface area is 81.2 Å². The van der Waals surface area contributed by atoms with Crippen molar-refractivity contribution in [1.82, 2.24) is 0 Å². The molecule has 1 aromatic rings. The number of azo groups is 1. The predicted octanol–water partition coefficient (Wildman–Crippen LogP) is 1.39. The SMILES string of the molecule is C/[N+]([O-])=N/COC(=O)c1ccccc1. The highest BCUT2D eigenvalue weighted by Gasteiger charge is 2.04. The quantitative estimate of drug-likeness (QED) is 0.316. The molecule has 5 nitrogen and oxygen atoms in total. The number of hydrogen-bond donors (Lipinski definition) is 0. The van der Waals surface area contributed by atoms with Crippen molar-refractivity contribution in [3.63, 3.8) is 0 Å². The van der Waals surface area contributed by atoms with E-state index >= 15 is 0 Å². The van der Waals surface area contributed by atoms with Gasteiger partial charge < -0.3 is 9.94 Å². The average Bonchev–Trinajstić information content (AvgIpc) is 2.18. The fourth-order valence-corrected chi connectivity index (χ4v) is 0.826. The average molecular weight is 194 g/mol. The molecule has 0 spiro atoms. The maximum atomic E-state index is 11.2. The number of esters is 1. The molecule has 0 aliphatic rings. The predicted molar refractivity (Wildman–Crippen MR) is 48.7 cm³/mol. The zero-order valence-electron chi connectivity index (χ0n) is 7.71. The molecule has 0 saturated carbocycles. The third kappa shape index (κ3) is 3.22. The molecule has 1 aromatic carbocycles. The molecule has 0 heterocycles. The second-order valence-electron chi connectivity index (χ2n) is 2.53. The highest BCUT2D eigenvalue weighted by Crippen LogP contribution is 2.00. The molecule has 0 amide bonds. The Bertz CT molecular complexity index is 331. The van der Waals surface area contributed by atoms with Crippen LogP contribution in [0.4, 0.5) is 0 Å². The summed E-state index contributed by atoms with van der Waals surface area (Å²) < 4.78 is 4.69. The summed E-state index contributed by atoms with van der Waals surface area (Å²) in [6.45, 7) is -0.256. The monoisotopic (exact) mass is 194 g/mol. The van der Waals surface area contributed by atoms with E-state index in [4.69, 9.17) is 4.74 Å². The lowest BCUT2D eigenvalue weighted by atomic mass is 10.2. The Morgan fingerprint density at radius 3 is 2.71 bits per heavy atom. The molecule has 0 fully saturated rings. The van der Waals surface area contributed by atoms with Crippen LogP contribution in [0.3, 0.4) is 0 Å². The molecule has 1 rings (SSSR count). The molecular weight excluding hydrogens is 184 g/mol. The van der Waals surface area contributed by atoms with Crippen LogP contribution in [-0.2, 0) is 4.74 Å². The van der Waals surface area contributed by atoms with Gasteiger partial charge in [-0.3, -0.25) is 0 Å². The third-order valence-electron chi connectivity index (χ3n) is 1.46. The summed E-state index contributed by atoms with van der Waals surface area (Å²) >= 11 is 0. The maximum absolute atomic E-state index is 11.2. The second-order valence-corrected chi connectivity index (χ2v) is 2.53. The molecule has 0 unspecified atom stereocenters. The molecule has 0 atom stereocenters. The van der Waals surface area contributed by atoms with Gasteiger partial charge in [-0.25, -0.2) is 4.79 Å². The fourth-order valence-electron chi connectivity index (χ4n) is 0.826. The van der Waals surface area contributed by atoms with E-state index in [2.05, 4.69) is 5.11 Å². The summed E-state index contributed by atoms with van der Waals surface area (Å²) in [5.74, 6) is -0.490. The Morgan fingerprint density at radius 2 is 2.14 bits per heavy atom. The number of benzene rings is 1. The van der Waals surface area contributed by atoms with Gasteiger partial charge in [0, 0.05) is 5.11 Å². The number of ether oxygens (including phenoxy) is 1. The summed E-state index contributed by atoms with van der Waals surface area (Å²) in [5, 5.41) is 13.6. The summed E-state index contributed by atoms with van der Waals surface area (Å²) in [6, 6.07) is 8.51. The van der Waals surface area contributed by atoms with Crippen LogP contribution in [0.1, 0.15) is 10.4 Å². The van der Waals surface area contributed by atoms with Crippen LogP contribution in [0.5, 0.6) is 0 Å². The van der Waals surface area contributed by atoms with E-state index in [1.54, 1.807) is 30.3 Å². The van der Waals surface area contributed by atoms with E-state index in [0.29, 0.717) is 10.4 Å². The van der Waals surface area contributed by atoms with Gasteiger partial charge in [-0.15, -0.1) is 0 Å². The van der Waals surface area contributed by atoms with Gasteiger partial charge >= 0.3 is 5.97 Å². The standard InChI is InChI=1S/C9H10N2O3/c1-11(13)10-7-14-9(12)8-5-3-2-4-6-8/h2-6H,7H2,1H3/b11-10-. The molecule has 0 aliphatic heterocycles. The first-order valence-electron chi connectivity index (χ1n) is 4.00. The lowest BCUT2D eigenvalue weighted by Gasteiger charge is -1.99. The minimum absolute atomic E-state index is 0.256. The van der Waals surface area contributed by atoms with Crippen molar-refractivity contribution >= 4 is 5.97 Å². The van der Waals surface area contributed by atoms with Crippen molar-refractivity contribution < 1.29 is 14.4 Å². The largest absolute Gasteiger partial charge is 0.600 e. The van der Waals surface area contributed by atoms with Gasteiger partial charge in [-0.05, 0) is 12.1 Å². The molecule has 0 aliphatic carbocycles. The van der Waals surface area contributed by atoms with Crippen LogP contribution < -0.4 is 0 Å². The van der Waals surface area contributed by atoms with E-state index < -0.39 is 5.97 Å². The molecule has 14 heavy (non-hydrogen) atoms. The van der Waals surface area contributed by atoms with Crippen LogP contribution in [0.25, 0.3) is 0 Å². The van der Waals surface area contributed by atoms with Crippen LogP contribution in [0, 0.1) is 5.21 Å². The van der Waals surface area contributed by atoms with Crippen LogP contribution in [0.15, 0.2) is 35.4 Å². The molecule has 0 saturated heterocycles. The lowest BCUT2D eigenvalue weighted by Crippen LogP contribution is -2.06.